The summed E-state index contributed by atoms with van der Waals surface area (Å²) in [5, 5.41) is 10.0. The van der Waals surface area contributed by atoms with Crippen LogP contribution in [0, 0.1) is 0 Å². The van der Waals surface area contributed by atoms with E-state index in [1.165, 1.54) is 167 Å². The molecule has 0 saturated carbocycles. The SMILES string of the molecule is CCCCC/C=C\C/C=C\CCCCCCCCCCCC(=O)OC[C@H](O)COC(=O)CCCCCCCCCCCCCCCCCCC. The number of allylic oxidation sites excluding steroid dienone is 4. The number of aliphatic hydroxyl groups is 1. The highest BCUT2D eigenvalue weighted by Gasteiger charge is 2.12. The summed E-state index contributed by atoms with van der Waals surface area (Å²) in [4.78, 5) is 24.0. The minimum Gasteiger partial charge on any atom is -0.463 e. The molecular weight excluding hydrogens is 620 g/mol. The molecule has 0 saturated heterocycles. The summed E-state index contributed by atoms with van der Waals surface area (Å²) in [6.07, 6.45) is 49.5. The first-order valence-electron chi connectivity index (χ1n) is 21.9. The number of hydrogen-bond acceptors (Lipinski definition) is 5. The van der Waals surface area contributed by atoms with E-state index >= 15 is 0 Å². The molecule has 5 heteroatoms. The molecule has 50 heavy (non-hydrogen) atoms. The number of hydrogen-bond donors (Lipinski definition) is 1. The van der Waals surface area contributed by atoms with Gasteiger partial charge >= 0.3 is 11.9 Å². The second-order valence-electron chi connectivity index (χ2n) is 14.8. The van der Waals surface area contributed by atoms with Gasteiger partial charge in [-0.2, -0.15) is 0 Å². The van der Waals surface area contributed by atoms with Crippen LogP contribution < -0.4 is 0 Å². The molecule has 0 aliphatic carbocycles. The standard InChI is InChI=1S/C45H84O5/c1-3-5-7-9-11-13-15-17-19-21-22-24-26-28-30-32-34-36-38-40-45(48)50-42-43(46)41-49-44(47)39-37-35-33-31-29-27-25-23-20-18-16-14-12-10-8-6-4-2/h11,13,17,19,43,46H,3-10,12,14-16,18,20-42H2,1-2H3/b13-11-,19-17-/t43-/m1/s1. The second-order valence-corrected chi connectivity index (χ2v) is 14.8. The summed E-state index contributed by atoms with van der Waals surface area (Å²) >= 11 is 0. The van der Waals surface area contributed by atoms with Gasteiger partial charge in [-0.3, -0.25) is 9.59 Å². The van der Waals surface area contributed by atoms with Crippen LogP contribution in [0.3, 0.4) is 0 Å². The Morgan fingerprint density at radius 3 is 1.06 bits per heavy atom. The maximum atomic E-state index is 12.0. The Morgan fingerprint density at radius 2 is 0.700 bits per heavy atom. The number of unbranched alkanes of at least 4 members (excludes halogenated alkanes) is 28. The van der Waals surface area contributed by atoms with Gasteiger partial charge in [0.05, 0.1) is 0 Å². The van der Waals surface area contributed by atoms with E-state index in [1.807, 2.05) is 0 Å². The van der Waals surface area contributed by atoms with Crippen molar-refractivity contribution in [2.24, 2.45) is 0 Å². The van der Waals surface area contributed by atoms with E-state index in [0.717, 1.165) is 38.5 Å². The Bertz CT molecular complexity index is 761. The molecule has 0 rings (SSSR count). The molecule has 0 unspecified atom stereocenters. The van der Waals surface area contributed by atoms with E-state index in [9.17, 15) is 14.7 Å². The van der Waals surface area contributed by atoms with Crippen molar-refractivity contribution in [1.82, 2.24) is 0 Å². The van der Waals surface area contributed by atoms with Gasteiger partial charge in [-0.15, -0.1) is 0 Å². The lowest BCUT2D eigenvalue weighted by Crippen LogP contribution is -2.25. The van der Waals surface area contributed by atoms with Gasteiger partial charge in [0, 0.05) is 12.8 Å². The van der Waals surface area contributed by atoms with Crippen molar-refractivity contribution in [1.29, 1.82) is 0 Å². The smallest absolute Gasteiger partial charge is 0.305 e. The first kappa shape index (κ1) is 48.4. The summed E-state index contributed by atoms with van der Waals surface area (Å²) in [7, 11) is 0. The van der Waals surface area contributed by atoms with Crippen molar-refractivity contribution >= 4 is 11.9 Å². The Hall–Kier alpha value is -1.62. The van der Waals surface area contributed by atoms with Crippen molar-refractivity contribution < 1.29 is 24.2 Å². The van der Waals surface area contributed by atoms with Crippen LogP contribution in [0.25, 0.3) is 0 Å². The van der Waals surface area contributed by atoms with Crippen LogP contribution in [0.2, 0.25) is 0 Å². The number of carbonyl (C=O) groups is 2. The van der Waals surface area contributed by atoms with Gasteiger partial charge in [0.25, 0.3) is 0 Å². The number of carbonyl (C=O) groups excluding carboxylic acids is 2. The third-order valence-electron chi connectivity index (χ3n) is 9.69. The molecule has 0 spiro atoms. The summed E-state index contributed by atoms with van der Waals surface area (Å²) in [6, 6.07) is 0. The van der Waals surface area contributed by atoms with Crippen LogP contribution in [0.15, 0.2) is 24.3 Å². The van der Waals surface area contributed by atoms with Crippen LogP contribution in [0.1, 0.15) is 232 Å². The second kappa shape index (κ2) is 41.8. The molecule has 1 N–H and O–H groups in total. The van der Waals surface area contributed by atoms with E-state index in [1.54, 1.807) is 0 Å². The monoisotopic (exact) mass is 705 g/mol. The molecule has 0 radical (unpaired) electrons. The van der Waals surface area contributed by atoms with E-state index in [2.05, 4.69) is 38.2 Å². The molecule has 0 bridgehead atoms. The third kappa shape index (κ3) is 40.8. The predicted octanol–water partition coefficient (Wildman–Crippen LogP) is 13.8. The zero-order valence-corrected chi connectivity index (χ0v) is 33.4. The Kier molecular flexibility index (Phi) is 40.4. The molecule has 0 aromatic rings. The minimum atomic E-state index is -0.961. The molecule has 0 aliphatic heterocycles. The fraction of sp³-hybridized carbons (Fsp3) is 0.867. The van der Waals surface area contributed by atoms with Crippen LogP contribution in [0.5, 0.6) is 0 Å². The van der Waals surface area contributed by atoms with Crippen molar-refractivity contribution in [2.75, 3.05) is 13.2 Å². The number of rotatable bonds is 40. The van der Waals surface area contributed by atoms with Gasteiger partial charge in [0.1, 0.15) is 19.3 Å². The molecule has 294 valence electrons. The van der Waals surface area contributed by atoms with Crippen LogP contribution in [0.4, 0.5) is 0 Å². The summed E-state index contributed by atoms with van der Waals surface area (Å²) in [6.45, 7) is 4.30. The first-order chi connectivity index (χ1) is 24.6. The molecule has 5 nitrogen and oxygen atoms in total. The van der Waals surface area contributed by atoms with Crippen molar-refractivity contribution in [3.8, 4) is 0 Å². The highest BCUT2D eigenvalue weighted by molar-refractivity contribution is 5.69. The molecule has 1 atom stereocenters. The van der Waals surface area contributed by atoms with E-state index in [0.29, 0.717) is 12.8 Å². The Morgan fingerprint density at radius 1 is 0.420 bits per heavy atom. The fourth-order valence-electron chi connectivity index (χ4n) is 6.35. The lowest BCUT2D eigenvalue weighted by Gasteiger charge is -2.12. The van der Waals surface area contributed by atoms with Crippen molar-refractivity contribution in [3.05, 3.63) is 24.3 Å². The third-order valence-corrected chi connectivity index (χ3v) is 9.69. The van der Waals surface area contributed by atoms with E-state index in [-0.39, 0.29) is 25.2 Å². The highest BCUT2D eigenvalue weighted by Crippen LogP contribution is 2.15. The van der Waals surface area contributed by atoms with Crippen LogP contribution >= 0.6 is 0 Å². The van der Waals surface area contributed by atoms with Crippen LogP contribution in [-0.2, 0) is 19.1 Å². The maximum Gasteiger partial charge on any atom is 0.305 e. The average molecular weight is 705 g/mol. The minimum absolute atomic E-state index is 0.112. The molecule has 0 aromatic carbocycles. The Labute approximate surface area is 311 Å². The maximum absolute atomic E-state index is 12.0. The number of aliphatic hydroxyl groups excluding tert-OH is 1. The molecule has 0 amide bonds. The largest absolute Gasteiger partial charge is 0.463 e. The first-order valence-corrected chi connectivity index (χ1v) is 21.9. The summed E-state index contributed by atoms with van der Waals surface area (Å²) < 4.78 is 10.4. The van der Waals surface area contributed by atoms with E-state index in [4.69, 9.17) is 9.47 Å². The van der Waals surface area contributed by atoms with Gasteiger partial charge in [-0.1, -0.05) is 199 Å². The van der Waals surface area contributed by atoms with Gasteiger partial charge in [0.2, 0.25) is 0 Å². The van der Waals surface area contributed by atoms with Crippen LogP contribution in [-0.4, -0.2) is 36.4 Å². The van der Waals surface area contributed by atoms with Gasteiger partial charge in [-0.25, -0.2) is 0 Å². The predicted molar refractivity (Wildman–Crippen MR) is 215 cm³/mol. The van der Waals surface area contributed by atoms with Gasteiger partial charge < -0.3 is 14.6 Å². The lowest BCUT2D eigenvalue weighted by atomic mass is 10.0. The normalized spacial score (nSPS) is 12.3. The molecule has 0 heterocycles. The number of esters is 2. The van der Waals surface area contributed by atoms with Crippen molar-refractivity contribution in [2.45, 2.75) is 238 Å². The topological polar surface area (TPSA) is 72.8 Å². The highest BCUT2D eigenvalue weighted by atomic mass is 16.6. The molecule has 0 aliphatic rings. The quantitative estimate of drug-likeness (QED) is 0.0390. The average Bonchev–Trinajstić information content (AvgIpc) is 3.12. The van der Waals surface area contributed by atoms with Gasteiger partial charge in [-0.05, 0) is 44.9 Å². The van der Waals surface area contributed by atoms with Gasteiger partial charge in [0.15, 0.2) is 0 Å². The van der Waals surface area contributed by atoms with E-state index < -0.39 is 6.10 Å². The summed E-state index contributed by atoms with van der Waals surface area (Å²) in [5.74, 6) is -0.559. The summed E-state index contributed by atoms with van der Waals surface area (Å²) in [5.41, 5.74) is 0. The van der Waals surface area contributed by atoms with Crippen molar-refractivity contribution in [3.63, 3.8) is 0 Å². The zero-order valence-electron chi connectivity index (χ0n) is 33.4. The Balaban J connectivity index is 3.40. The molecular formula is C45H84O5. The molecule has 0 aromatic heterocycles. The molecule has 0 fully saturated rings. The fourth-order valence-corrected chi connectivity index (χ4v) is 6.35. The number of ether oxygens (including phenoxy) is 2. The zero-order chi connectivity index (χ0) is 36.4. The lowest BCUT2D eigenvalue weighted by molar-refractivity contribution is -0.152.